The monoisotopic (exact) mass is 114 g/mol. The van der Waals surface area contributed by atoms with Crippen molar-refractivity contribution in [2.75, 3.05) is 13.7 Å². The predicted molar refractivity (Wildman–Crippen MR) is 35.9 cm³/mol. The topological polar surface area (TPSA) is 9.23 Å². The number of hydrogen-bond acceptors (Lipinski definition) is 1. The second-order valence-corrected chi connectivity index (χ2v) is 2.13. The Balaban J connectivity index is 3.07. The molecule has 0 aliphatic carbocycles. The minimum absolute atomic E-state index is 0.644. The SMILES string of the molecule is COC/C=C/C(C)C. The van der Waals surface area contributed by atoms with Crippen LogP contribution in [0.2, 0.25) is 0 Å². The Labute approximate surface area is 51.4 Å². The zero-order valence-corrected chi connectivity index (χ0v) is 5.85. The van der Waals surface area contributed by atoms with Crippen LogP contribution in [0.3, 0.4) is 0 Å². The van der Waals surface area contributed by atoms with E-state index in [-0.39, 0.29) is 0 Å². The fourth-order valence-corrected chi connectivity index (χ4v) is 0.424. The Bertz CT molecular complexity index is 64.8. The van der Waals surface area contributed by atoms with E-state index in [0.29, 0.717) is 5.92 Å². The smallest absolute Gasteiger partial charge is 0.0643 e. The minimum atomic E-state index is 0.644. The summed E-state index contributed by atoms with van der Waals surface area (Å²) < 4.78 is 4.81. The van der Waals surface area contributed by atoms with E-state index in [0.717, 1.165) is 6.61 Å². The minimum Gasteiger partial charge on any atom is -0.381 e. The summed E-state index contributed by atoms with van der Waals surface area (Å²) in [6, 6.07) is 0. The first-order valence-corrected chi connectivity index (χ1v) is 2.93. The Morgan fingerprint density at radius 2 is 2.12 bits per heavy atom. The zero-order chi connectivity index (χ0) is 6.41. The molecule has 0 fully saturated rings. The lowest BCUT2D eigenvalue weighted by Crippen LogP contribution is -1.83. The third kappa shape index (κ3) is 5.70. The molecule has 0 radical (unpaired) electrons. The average Bonchev–Trinajstić information content (AvgIpc) is 1.66. The molecule has 1 nitrogen and oxygen atoms in total. The van der Waals surface area contributed by atoms with E-state index in [4.69, 9.17) is 4.74 Å². The maximum atomic E-state index is 4.81. The molecule has 0 bridgehead atoms. The molecule has 0 heterocycles. The van der Waals surface area contributed by atoms with Gasteiger partial charge >= 0.3 is 0 Å². The molecule has 0 aromatic carbocycles. The van der Waals surface area contributed by atoms with Crippen LogP contribution in [-0.2, 0) is 4.74 Å². The normalized spacial score (nSPS) is 11.5. The fourth-order valence-electron chi connectivity index (χ4n) is 0.424. The van der Waals surface area contributed by atoms with E-state index in [1.807, 2.05) is 6.08 Å². The fraction of sp³-hybridized carbons (Fsp3) is 0.714. The summed E-state index contributed by atoms with van der Waals surface area (Å²) >= 11 is 0. The van der Waals surface area contributed by atoms with Crippen LogP contribution in [0.4, 0.5) is 0 Å². The van der Waals surface area contributed by atoms with Gasteiger partial charge in [-0.2, -0.15) is 0 Å². The Kier molecular flexibility index (Phi) is 4.67. The second kappa shape index (κ2) is 4.85. The summed E-state index contributed by atoms with van der Waals surface area (Å²) in [7, 11) is 1.70. The van der Waals surface area contributed by atoms with Crippen molar-refractivity contribution in [2.24, 2.45) is 5.92 Å². The van der Waals surface area contributed by atoms with Gasteiger partial charge in [-0.1, -0.05) is 26.0 Å². The maximum absolute atomic E-state index is 4.81. The Morgan fingerprint density at radius 1 is 1.50 bits per heavy atom. The molecule has 8 heavy (non-hydrogen) atoms. The van der Waals surface area contributed by atoms with E-state index in [2.05, 4.69) is 19.9 Å². The van der Waals surface area contributed by atoms with Gasteiger partial charge in [0, 0.05) is 7.11 Å². The Hall–Kier alpha value is -0.300. The summed E-state index contributed by atoms with van der Waals surface area (Å²) in [6.07, 6.45) is 4.16. The van der Waals surface area contributed by atoms with Gasteiger partial charge in [-0.05, 0) is 5.92 Å². The first-order valence-electron chi connectivity index (χ1n) is 2.93. The van der Waals surface area contributed by atoms with Crippen LogP contribution in [0.1, 0.15) is 13.8 Å². The predicted octanol–water partition coefficient (Wildman–Crippen LogP) is 1.85. The van der Waals surface area contributed by atoms with Gasteiger partial charge in [0.2, 0.25) is 0 Å². The van der Waals surface area contributed by atoms with Crippen LogP contribution in [-0.4, -0.2) is 13.7 Å². The van der Waals surface area contributed by atoms with E-state index >= 15 is 0 Å². The molecule has 0 saturated heterocycles. The van der Waals surface area contributed by atoms with E-state index in [1.165, 1.54) is 0 Å². The number of ether oxygens (including phenoxy) is 1. The van der Waals surface area contributed by atoms with Gasteiger partial charge in [0.15, 0.2) is 0 Å². The van der Waals surface area contributed by atoms with Crippen molar-refractivity contribution in [3.05, 3.63) is 12.2 Å². The molecule has 0 saturated carbocycles. The first-order chi connectivity index (χ1) is 3.77. The highest BCUT2D eigenvalue weighted by Crippen LogP contribution is 1.91. The van der Waals surface area contributed by atoms with Gasteiger partial charge in [-0.15, -0.1) is 0 Å². The van der Waals surface area contributed by atoms with Crippen LogP contribution in [0, 0.1) is 5.92 Å². The highest BCUT2D eigenvalue weighted by Gasteiger charge is 1.80. The third-order valence-electron chi connectivity index (χ3n) is 0.784. The highest BCUT2D eigenvalue weighted by atomic mass is 16.5. The molecule has 0 aromatic rings. The van der Waals surface area contributed by atoms with Gasteiger partial charge in [0.05, 0.1) is 6.61 Å². The van der Waals surface area contributed by atoms with Crippen molar-refractivity contribution < 1.29 is 4.74 Å². The quantitative estimate of drug-likeness (QED) is 0.509. The van der Waals surface area contributed by atoms with Crippen molar-refractivity contribution in [1.29, 1.82) is 0 Å². The molecule has 0 rings (SSSR count). The van der Waals surface area contributed by atoms with Crippen LogP contribution >= 0.6 is 0 Å². The molecule has 0 aliphatic heterocycles. The molecule has 0 amide bonds. The van der Waals surface area contributed by atoms with Gasteiger partial charge in [0.25, 0.3) is 0 Å². The number of rotatable bonds is 3. The number of methoxy groups -OCH3 is 1. The van der Waals surface area contributed by atoms with Crippen LogP contribution in [0.5, 0.6) is 0 Å². The molecule has 0 unspecified atom stereocenters. The standard InChI is InChI=1S/C7H14O/c1-7(2)5-4-6-8-3/h4-5,7H,6H2,1-3H3/b5-4+. The largest absolute Gasteiger partial charge is 0.381 e. The molecular formula is C7H14O. The summed E-state index contributed by atoms with van der Waals surface area (Å²) in [5.41, 5.74) is 0. The van der Waals surface area contributed by atoms with Crippen molar-refractivity contribution >= 4 is 0 Å². The Morgan fingerprint density at radius 3 is 2.50 bits per heavy atom. The summed E-state index contributed by atoms with van der Waals surface area (Å²) in [5.74, 6) is 0.644. The molecule has 48 valence electrons. The lowest BCUT2D eigenvalue weighted by Gasteiger charge is -1.91. The summed E-state index contributed by atoms with van der Waals surface area (Å²) in [6.45, 7) is 5.02. The van der Waals surface area contributed by atoms with Gasteiger partial charge in [0.1, 0.15) is 0 Å². The maximum Gasteiger partial charge on any atom is 0.0643 e. The number of hydrogen-bond donors (Lipinski definition) is 0. The lowest BCUT2D eigenvalue weighted by atomic mass is 10.2. The zero-order valence-electron chi connectivity index (χ0n) is 5.85. The van der Waals surface area contributed by atoms with Crippen LogP contribution < -0.4 is 0 Å². The second-order valence-electron chi connectivity index (χ2n) is 2.13. The molecule has 0 atom stereocenters. The molecule has 1 heteroatoms. The van der Waals surface area contributed by atoms with Crippen molar-refractivity contribution in [2.45, 2.75) is 13.8 Å². The molecule has 0 N–H and O–H groups in total. The molecule has 0 aliphatic rings. The summed E-state index contributed by atoms with van der Waals surface area (Å²) in [5, 5.41) is 0. The van der Waals surface area contributed by atoms with Gasteiger partial charge in [-0.25, -0.2) is 0 Å². The third-order valence-corrected chi connectivity index (χ3v) is 0.784. The number of allylic oxidation sites excluding steroid dienone is 1. The average molecular weight is 114 g/mol. The van der Waals surface area contributed by atoms with Gasteiger partial charge in [-0.3, -0.25) is 0 Å². The summed E-state index contributed by atoms with van der Waals surface area (Å²) in [4.78, 5) is 0. The molecule has 0 spiro atoms. The van der Waals surface area contributed by atoms with E-state index in [1.54, 1.807) is 7.11 Å². The van der Waals surface area contributed by atoms with Crippen LogP contribution in [0.25, 0.3) is 0 Å². The van der Waals surface area contributed by atoms with Gasteiger partial charge < -0.3 is 4.74 Å². The first kappa shape index (κ1) is 7.70. The van der Waals surface area contributed by atoms with Crippen molar-refractivity contribution in [3.63, 3.8) is 0 Å². The molecular weight excluding hydrogens is 100 g/mol. The van der Waals surface area contributed by atoms with E-state index in [9.17, 15) is 0 Å². The van der Waals surface area contributed by atoms with Crippen molar-refractivity contribution in [1.82, 2.24) is 0 Å². The van der Waals surface area contributed by atoms with Crippen molar-refractivity contribution in [3.8, 4) is 0 Å². The van der Waals surface area contributed by atoms with E-state index < -0.39 is 0 Å². The molecule has 0 aromatic heterocycles. The highest BCUT2D eigenvalue weighted by molar-refractivity contribution is 4.83. The lowest BCUT2D eigenvalue weighted by molar-refractivity contribution is 0.233. The van der Waals surface area contributed by atoms with Crippen LogP contribution in [0.15, 0.2) is 12.2 Å².